The van der Waals surface area contributed by atoms with Crippen LogP contribution in [0.3, 0.4) is 0 Å². The van der Waals surface area contributed by atoms with Gasteiger partial charge in [-0.05, 0) is 37.6 Å². The van der Waals surface area contributed by atoms with Crippen LogP contribution < -0.4 is 10.6 Å². The molecule has 0 aliphatic carbocycles. The predicted octanol–water partition coefficient (Wildman–Crippen LogP) is 1.73. The predicted molar refractivity (Wildman–Crippen MR) is 60.4 cm³/mol. The third kappa shape index (κ3) is 4.10. The van der Waals surface area contributed by atoms with Crippen LogP contribution in [-0.4, -0.2) is 23.1 Å². The highest BCUT2D eigenvalue weighted by atomic mass is 19.1. The highest BCUT2D eigenvalue weighted by molar-refractivity contribution is 5.92. The molecule has 17 heavy (non-hydrogen) atoms. The first-order valence-electron chi connectivity index (χ1n) is 4.96. The Labute approximate surface area is 97.6 Å². The summed E-state index contributed by atoms with van der Waals surface area (Å²) in [6, 6.07) is 2.35. The van der Waals surface area contributed by atoms with Gasteiger partial charge in [-0.2, -0.15) is 0 Å². The molecular formula is C11H13FN2O3. The van der Waals surface area contributed by atoms with Crippen molar-refractivity contribution in [2.45, 2.75) is 19.9 Å². The molecule has 1 aromatic rings. The molecule has 1 atom stereocenters. The van der Waals surface area contributed by atoms with Crippen LogP contribution in [0.2, 0.25) is 0 Å². The van der Waals surface area contributed by atoms with Crippen molar-refractivity contribution >= 4 is 17.7 Å². The number of carbonyl (C=O) groups excluding carboxylic acids is 1. The molecule has 0 radical (unpaired) electrons. The smallest absolute Gasteiger partial charge is 0.325 e. The lowest BCUT2D eigenvalue weighted by Gasteiger charge is -2.11. The minimum atomic E-state index is -1.14. The Bertz CT molecular complexity index is 428. The number of halogens is 1. The number of urea groups is 1. The molecule has 2 amide bonds. The Balaban J connectivity index is 2.65. The molecule has 0 spiro atoms. The monoisotopic (exact) mass is 240 g/mol. The summed E-state index contributed by atoms with van der Waals surface area (Å²) >= 11 is 0. The lowest BCUT2D eigenvalue weighted by atomic mass is 10.2. The van der Waals surface area contributed by atoms with Crippen molar-refractivity contribution in [3.05, 3.63) is 29.6 Å². The van der Waals surface area contributed by atoms with Gasteiger partial charge in [-0.1, -0.05) is 0 Å². The van der Waals surface area contributed by atoms with E-state index in [1.807, 2.05) is 0 Å². The van der Waals surface area contributed by atoms with Gasteiger partial charge in [-0.25, -0.2) is 9.18 Å². The van der Waals surface area contributed by atoms with Gasteiger partial charge in [0.2, 0.25) is 0 Å². The van der Waals surface area contributed by atoms with Crippen molar-refractivity contribution in [3.63, 3.8) is 0 Å². The molecule has 0 saturated heterocycles. The van der Waals surface area contributed by atoms with Crippen LogP contribution in [0, 0.1) is 12.7 Å². The maximum atomic E-state index is 13.0. The van der Waals surface area contributed by atoms with Crippen molar-refractivity contribution in [3.8, 4) is 0 Å². The molecule has 5 nitrogen and oxygen atoms in total. The molecule has 0 aliphatic heterocycles. The van der Waals surface area contributed by atoms with Gasteiger partial charge in [-0.3, -0.25) is 4.79 Å². The Morgan fingerprint density at radius 2 is 2.00 bits per heavy atom. The van der Waals surface area contributed by atoms with E-state index < -0.39 is 23.9 Å². The van der Waals surface area contributed by atoms with Gasteiger partial charge in [0.1, 0.15) is 11.9 Å². The summed E-state index contributed by atoms with van der Waals surface area (Å²) < 4.78 is 13.0. The standard InChI is InChI=1S/C11H13FN2O3/c1-6-3-8(12)5-9(4-6)14-11(17)13-7(2)10(15)16/h3-5,7H,1-2H3,(H,15,16)(H2,13,14,17)/t7-/m0/s1. The van der Waals surface area contributed by atoms with Gasteiger partial charge in [0.15, 0.2) is 0 Å². The molecular weight excluding hydrogens is 227 g/mol. The Morgan fingerprint density at radius 1 is 1.35 bits per heavy atom. The molecule has 6 heteroatoms. The summed E-state index contributed by atoms with van der Waals surface area (Å²) in [6.45, 7) is 3.02. The third-order valence-corrected chi connectivity index (χ3v) is 2.02. The normalized spacial score (nSPS) is 11.7. The van der Waals surface area contributed by atoms with Crippen molar-refractivity contribution in [2.24, 2.45) is 0 Å². The lowest BCUT2D eigenvalue weighted by molar-refractivity contribution is -0.138. The van der Waals surface area contributed by atoms with E-state index in [0.29, 0.717) is 5.56 Å². The van der Waals surface area contributed by atoms with Crippen LogP contribution in [0.25, 0.3) is 0 Å². The SMILES string of the molecule is Cc1cc(F)cc(NC(=O)N[C@@H](C)C(=O)O)c1. The van der Waals surface area contributed by atoms with Crippen molar-refractivity contribution in [1.82, 2.24) is 5.32 Å². The van der Waals surface area contributed by atoms with Gasteiger partial charge in [0, 0.05) is 5.69 Å². The average molecular weight is 240 g/mol. The third-order valence-electron chi connectivity index (χ3n) is 2.02. The molecule has 0 fully saturated rings. The first kappa shape index (κ1) is 13.0. The first-order chi connectivity index (χ1) is 7.88. The number of carbonyl (C=O) groups is 2. The highest BCUT2D eigenvalue weighted by Gasteiger charge is 2.13. The number of rotatable bonds is 3. The Hall–Kier alpha value is -2.11. The number of carboxylic acid groups (broad SMARTS) is 1. The van der Waals surface area contributed by atoms with Crippen LogP contribution in [-0.2, 0) is 4.79 Å². The van der Waals surface area contributed by atoms with E-state index >= 15 is 0 Å². The molecule has 0 bridgehead atoms. The van der Waals surface area contributed by atoms with Crippen LogP contribution >= 0.6 is 0 Å². The van der Waals surface area contributed by atoms with Crippen LogP contribution in [0.15, 0.2) is 18.2 Å². The van der Waals surface area contributed by atoms with Crippen LogP contribution in [0.5, 0.6) is 0 Å². The summed E-state index contributed by atoms with van der Waals surface area (Å²) in [6.07, 6.45) is 0. The number of benzene rings is 1. The van der Waals surface area contributed by atoms with E-state index in [1.54, 1.807) is 13.0 Å². The van der Waals surface area contributed by atoms with Gasteiger partial charge in [0.25, 0.3) is 0 Å². The summed E-state index contributed by atoms with van der Waals surface area (Å²) in [5.74, 6) is -1.61. The van der Waals surface area contributed by atoms with Gasteiger partial charge in [-0.15, -0.1) is 0 Å². The van der Waals surface area contributed by atoms with Crippen LogP contribution in [0.1, 0.15) is 12.5 Å². The van der Waals surface area contributed by atoms with E-state index in [4.69, 9.17) is 5.11 Å². The molecule has 1 rings (SSSR count). The van der Waals surface area contributed by atoms with Gasteiger partial charge < -0.3 is 15.7 Å². The molecule has 0 aliphatic rings. The topological polar surface area (TPSA) is 78.4 Å². The fourth-order valence-electron chi connectivity index (χ4n) is 1.23. The lowest BCUT2D eigenvalue weighted by Crippen LogP contribution is -2.40. The fourth-order valence-corrected chi connectivity index (χ4v) is 1.23. The summed E-state index contributed by atoms with van der Waals surface area (Å²) in [5.41, 5.74) is 0.934. The number of aryl methyl sites for hydroxylation is 1. The molecule has 1 aromatic carbocycles. The van der Waals surface area contributed by atoms with Crippen LogP contribution in [0.4, 0.5) is 14.9 Å². The average Bonchev–Trinajstić information content (AvgIpc) is 2.14. The molecule has 0 unspecified atom stereocenters. The zero-order valence-corrected chi connectivity index (χ0v) is 9.45. The molecule has 0 aromatic heterocycles. The molecule has 0 heterocycles. The van der Waals surface area contributed by atoms with E-state index in [0.717, 1.165) is 6.07 Å². The summed E-state index contributed by atoms with van der Waals surface area (Å²) in [5, 5.41) is 13.1. The first-order valence-corrected chi connectivity index (χ1v) is 4.96. The molecule has 3 N–H and O–H groups in total. The number of nitrogens with one attached hydrogen (secondary N) is 2. The zero-order chi connectivity index (χ0) is 13.0. The number of anilines is 1. The summed E-state index contributed by atoms with van der Waals surface area (Å²) in [7, 11) is 0. The van der Waals surface area contributed by atoms with E-state index in [-0.39, 0.29) is 5.69 Å². The van der Waals surface area contributed by atoms with Gasteiger partial charge >= 0.3 is 12.0 Å². The van der Waals surface area contributed by atoms with E-state index in [9.17, 15) is 14.0 Å². The van der Waals surface area contributed by atoms with Crippen molar-refractivity contribution in [2.75, 3.05) is 5.32 Å². The molecule has 92 valence electrons. The number of carboxylic acids is 1. The summed E-state index contributed by atoms with van der Waals surface area (Å²) in [4.78, 5) is 21.8. The second-order valence-electron chi connectivity index (χ2n) is 3.68. The largest absolute Gasteiger partial charge is 0.480 e. The number of hydrogen-bond donors (Lipinski definition) is 3. The van der Waals surface area contributed by atoms with E-state index in [1.165, 1.54) is 13.0 Å². The minimum Gasteiger partial charge on any atom is -0.480 e. The Kier molecular flexibility index (Phi) is 4.03. The minimum absolute atomic E-state index is 0.276. The van der Waals surface area contributed by atoms with E-state index in [2.05, 4.69) is 10.6 Å². The second-order valence-corrected chi connectivity index (χ2v) is 3.68. The quantitative estimate of drug-likeness (QED) is 0.752. The number of aliphatic carboxylic acids is 1. The fraction of sp³-hybridized carbons (Fsp3) is 0.273. The maximum absolute atomic E-state index is 13.0. The highest BCUT2D eigenvalue weighted by Crippen LogP contribution is 2.12. The maximum Gasteiger partial charge on any atom is 0.325 e. The second kappa shape index (κ2) is 5.29. The van der Waals surface area contributed by atoms with Crippen molar-refractivity contribution < 1.29 is 19.1 Å². The zero-order valence-electron chi connectivity index (χ0n) is 9.45. The Morgan fingerprint density at radius 3 is 2.53 bits per heavy atom. The van der Waals surface area contributed by atoms with Crippen molar-refractivity contribution in [1.29, 1.82) is 0 Å². The van der Waals surface area contributed by atoms with Gasteiger partial charge in [0.05, 0.1) is 0 Å². The molecule has 0 saturated carbocycles. The number of amides is 2. The number of hydrogen-bond acceptors (Lipinski definition) is 2.